The lowest BCUT2D eigenvalue weighted by Gasteiger charge is -2.32. The Morgan fingerprint density at radius 3 is 2.60 bits per heavy atom. The minimum Gasteiger partial charge on any atom is -0.481 e. The van der Waals surface area contributed by atoms with Crippen molar-refractivity contribution in [1.29, 1.82) is 0 Å². The number of hydrogen-bond acceptors (Lipinski definition) is 4. The van der Waals surface area contributed by atoms with E-state index in [4.69, 9.17) is 9.84 Å². The van der Waals surface area contributed by atoms with Crippen molar-refractivity contribution in [2.24, 2.45) is 0 Å². The van der Waals surface area contributed by atoms with E-state index in [1.54, 1.807) is 11.0 Å². The molecular formula is C19H20N2O4. The molecule has 0 unspecified atom stereocenters. The number of ether oxygens (including phenoxy) is 1. The molecule has 2 N–H and O–H groups in total. The summed E-state index contributed by atoms with van der Waals surface area (Å²) in [6, 6.07) is 16.9. The highest BCUT2D eigenvalue weighted by Gasteiger charge is 2.27. The van der Waals surface area contributed by atoms with Gasteiger partial charge in [-0.15, -0.1) is 0 Å². The highest BCUT2D eigenvalue weighted by molar-refractivity contribution is 6.00. The zero-order valence-corrected chi connectivity index (χ0v) is 13.7. The smallest absolute Gasteiger partial charge is 0.306 e. The number of benzene rings is 2. The van der Waals surface area contributed by atoms with Crippen molar-refractivity contribution in [3.63, 3.8) is 0 Å². The lowest BCUT2D eigenvalue weighted by Crippen LogP contribution is -2.46. The number of nitrogens with zero attached hydrogens (tertiary/aromatic N) is 1. The third kappa shape index (κ3) is 4.36. The van der Waals surface area contributed by atoms with E-state index < -0.39 is 12.1 Å². The molecule has 1 aliphatic heterocycles. The van der Waals surface area contributed by atoms with E-state index in [-0.39, 0.29) is 18.9 Å². The van der Waals surface area contributed by atoms with Crippen molar-refractivity contribution < 1.29 is 19.4 Å². The second kappa shape index (κ2) is 7.81. The number of nitrogens with one attached hydrogen (secondary N) is 1. The van der Waals surface area contributed by atoms with Crippen molar-refractivity contribution >= 4 is 23.3 Å². The Bertz CT molecular complexity index is 748. The van der Waals surface area contributed by atoms with Gasteiger partial charge >= 0.3 is 5.97 Å². The fourth-order valence-corrected chi connectivity index (χ4v) is 2.85. The Kier molecular flexibility index (Phi) is 5.30. The number of carbonyl (C=O) groups is 2. The second-order valence-electron chi connectivity index (χ2n) is 5.88. The van der Waals surface area contributed by atoms with Gasteiger partial charge in [-0.1, -0.05) is 30.3 Å². The molecule has 2 aromatic carbocycles. The van der Waals surface area contributed by atoms with Crippen molar-refractivity contribution in [2.75, 3.05) is 25.0 Å². The van der Waals surface area contributed by atoms with E-state index in [0.29, 0.717) is 18.7 Å². The number of carbonyl (C=O) groups excluding carboxylic acids is 1. The molecule has 3 rings (SSSR count). The number of hydrogen-bond donors (Lipinski definition) is 2. The molecule has 0 saturated carbocycles. The molecule has 1 amide bonds. The molecule has 1 atom stereocenters. The first-order chi connectivity index (χ1) is 12.1. The SMILES string of the molecule is O=C(O)C[C@@H]1CN(C(=O)c2ccccc2Nc2ccccc2)CCO1. The third-order valence-electron chi connectivity index (χ3n) is 4.04. The van der Waals surface area contributed by atoms with Crippen LogP contribution in [0.5, 0.6) is 0 Å². The van der Waals surface area contributed by atoms with Crippen LogP contribution in [-0.4, -0.2) is 47.7 Å². The Balaban J connectivity index is 1.77. The van der Waals surface area contributed by atoms with Gasteiger partial charge in [-0.05, 0) is 24.3 Å². The number of anilines is 2. The lowest BCUT2D eigenvalue weighted by atomic mass is 10.1. The van der Waals surface area contributed by atoms with Gasteiger partial charge in [-0.2, -0.15) is 0 Å². The Morgan fingerprint density at radius 1 is 1.12 bits per heavy atom. The Labute approximate surface area is 146 Å². The molecule has 1 saturated heterocycles. The first kappa shape index (κ1) is 17.0. The number of amides is 1. The summed E-state index contributed by atoms with van der Waals surface area (Å²) in [5.74, 6) is -1.05. The molecule has 0 aliphatic carbocycles. The van der Waals surface area contributed by atoms with Gasteiger partial charge in [-0.25, -0.2) is 0 Å². The Hall–Kier alpha value is -2.86. The summed E-state index contributed by atoms with van der Waals surface area (Å²) in [4.78, 5) is 25.5. The lowest BCUT2D eigenvalue weighted by molar-refractivity contribution is -0.141. The molecule has 6 nitrogen and oxygen atoms in total. The first-order valence-electron chi connectivity index (χ1n) is 8.17. The maximum absolute atomic E-state index is 12.9. The highest BCUT2D eigenvalue weighted by atomic mass is 16.5. The summed E-state index contributed by atoms with van der Waals surface area (Å²) in [6.45, 7) is 1.08. The van der Waals surface area contributed by atoms with E-state index in [0.717, 1.165) is 11.4 Å². The summed E-state index contributed by atoms with van der Waals surface area (Å²) in [6.07, 6.45) is -0.572. The largest absolute Gasteiger partial charge is 0.481 e. The van der Waals surface area contributed by atoms with Crippen LogP contribution >= 0.6 is 0 Å². The minimum atomic E-state index is -0.926. The van der Waals surface area contributed by atoms with Crippen LogP contribution in [0.2, 0.25) is 0 Å². The first-order valence-corrected chi connectivity index (χ1v) is 8.17. The zero-order chi connectivity index (χ0) is 17.6. The molecule has 2 aromatic rings. The van der Waals surface area contributed by atoms with Crippen molar-refractivity contribution in [3.8, 4) is 0 Å². The molecule has 1 fully saturated rings. The predicted molar refractivity (Wildman–Crippen MR) is 94.1 cm³/mol. The number of rotatable bonds is 5. The Morgan fingerprint density at radius 2 is 1.84 bits per heavy atom. The molecular weight excluding hydrogens is 320 g/mol. The zero-order valence-electron chi connectivity index (χ0n) is 13.7. The minimum absolute atomic E-state index is 0.103. The van der Waals surface area contributed by atoms with Gasteiger partial charge in [0.15, 0.2) is 0 Å². The normalized spacial score (nSPS) is 17.1. The highest BCUT2D eigenvalue weighted by Crippen LogP contribution is 2.23. The van der Waals surface area contributed by atoms with Crippen LogP contribution < -0.4 is 5.32 Å². The average molecular weight is 340 g/mol. The molecule has 25 heavy (non-hydrogen) atoms. The number of morpholine rings is 1. The van der Waals surface area contributed by atoms with Crippen LogP contribution in [0.15, 0.2) is 54.6 Å². The average Bonchev–Trinajstić information content (AvgIpc) is 2.62. The predicted octanol–water partition coefficient (Wildman–Crippen LogP) is 2.75. The van der Waals surface area contributed by atoms with Crippen LogP contribution in [-0.2, 0) is 9.53 Å². The van der Waals surface area contributed by atoms with E-state index in [1.165, 1.54) is 0 Å². The number of carboxylic acids is 1. The van der Waals surface area contributed by atoms with Crippen molar-refractivity contribution in [3.05, 3.63) is 60.2 Å². The number of aliphatic carboxylic acids is 1. The summed E-state index contributed by atoms with van der Waals surface area (Å²) in [5.41, 5.74) is 2.18. The van der Waals surface area contributed by atoms with E-state index in [9.17, 15) is 9.59 Å². The van der Waals surface area contributed by atoms with E-state index in [2.05, 4.69) is 5.32 Å². The molecule has 1 heterocycles. The summed E-state index contributed by atoms with van der Waals surface area (Å²) >= 11 is 0. The van der Waals surface area contributed by atoms with Gasteiger partial charge in [0.2, 0.25) is 0 Å². The van der Waals surface area contributed by atoms with Crippen LogP contribution in [0.25, 0.3) is 0 Å². The number of para-hydroxylation sites is 2. The summed E-state index contributed by atoms with van der Waals surface area (Å²) < 4.78 is 5.44. The topological polar surface area (TPSA) is 78.9 Å². The van der Waals surface area contributed by atoms with Gasteiger partial charge in [-0.3, -0.25) is 9.59 Å². The molecule has 0 bridgehead atoms. The van der Waals surface area contributed by atoms with E-state index in [1.807, 2.05) is 48.5 Å². The van der Waals surface area contributed by atoms with Crippen LogP contribution in [0.4, 0.5) is 11.4 Å². The quantitative estimate of drug-likeness (QED) is 0.875. The fourth-order valence-electron chi connectivity index (χ4n) is 2.85. The van der Waals surface area contributed by atoms with Gasteiger partial charge in [0.25, 0.3) is 5.91 Å². The molecule has 0 spiro atoms. The molecule has 130 valence electrons. The fraction of sp³-hybridized carbons (Fsp3) is 0.263. The van der Waals surface area contributed by atoms with Gasteiger partial charge in [0.1, 0.15) is 0 Å². The van der Waals surface area contributed by atoms with Crippen LogP contribution in [0.1, 0.15) is 16.8 Å². The monoisotopic (exact) mass is 340 g/mol. The second-order valence-corrected chi connectivity index (χ2v) is 5.88. The maximum Gasteiger partial charge on any atom is 0.306 e. The number of carboxylic acid groups (broad SMARTS) is 1. The molecule has 1 aliphatic rings. The third-order valence-corrected chi connectivity index (χ3v) is 4.04. The van der Waals surface area contributed by atoms with Crippen LogP contribution in [0, 0.1) is 0 Å². The standard InChI is InChI=1S/C19H20N2O4/c22-18(23)12-15-13-21(10-11-25-15)19(24)16-8-4-5-9-17(16)20-14-6-2-1-3-7-14/h1-9,15,20H,10-13H2,(H,22,23)/t15-/m1/s1. The maximum atomic E-state index is 12.9. The molecule has 0 aromatic heterocycles. The summed E-state index contributed by atoms with van der Waals surface area (Å²) in [7, 11) is 0. The molecule has 0 radical (unpaired) electrons. The molecule has 6 heteroatoms. The summed E-state index contributed by atoms with van der Waals surface area (Å²) in [5, 5.41) is 12.2. The van der Waals surface area contributed by atoms with Crippen molar-refractivity contribution in [2.45, 2.75) is 12.5 Å². The van der Waals surface area contributed by atoms with Crippen molar-refractivity contribution in [1.82, 2.24) is 4.90 Å². The van der Waals surface area contributed by atoms with Gasteiger partial charge in [0, 0.05) is 18.8 Å². The van der Waals surface area contributed by atoms with Crippen LogP contribution in [0.3, 0.4) is 0 Å². The van der Waals surface area contributed by atoms with Gasteiger partial charge in [0.05, 0.1) is 30.4 Å². The van der Waals surface area contributed by atoms with Gasteiger partial charge < -0.3 is 20.1 Å². The van der Waals surface area contributed by atoms with E-state index >= 15 is 0 Å².